The minimum Gasteiger partial charge on any atom is -0.493 e. The van der Waals surface area contributed by atoms with E-state index in [0.717, 1.165) is 34.8 Å². The van der Waals surface area contributed by atoms with Crippen molar-refractivity contribution in [3.8, 4) is 22.7 Å². The summed E-state index contributed by atoms with van der Waals surface area (Å²) in [5, 5.41) is 5.31. The van der Waals surface area contributed by atoms with Crippen LogP contribution in [0.5, 0.6) is 5.75 Å². The Morgan fingerprint density at radius 1 is 1.19 bits per heavy atom. The summed E-state index contributed by atoms with van der Waals surface area (Å²) < 4.78 is 7.76. The van der Waals surface area contributed by atoms with E-state index in [4.69, 9.17) is 16.3 Å². The molecule has 4 rings (SSSR count). The summed E-state index contributed by atoms with van der Waals surface area (Å²) in [7, 11) is 0. The Morgan fingerprint density at radius 2 is 1.89 bits per heavy atom. The zero-order valence-electron chi connectivity index (χ0n) is 15.4. The van der Waals surface area contributed by atoms with Crippen molar-refractivity contribution >= 4 is 17.4 Å². The zero-order valence-corrected chi connectivity index (χ0v) is 16.1. The van der Waals surface area contributed by atoms with Crippen LogP contribution in [-0.2, 0) is 4.79 Å². The third kappa shape index (κ3) is 3.91. The minimum atomic E-state index is 0.195. The Labute approximate surface area is 163 Å². The van der Waals surface area contributed by atoms with Gasteiger partial charge in [-0.2, -0.15) is 5.10 Å². The molecule has 0 radical (unpaired) electrons. The molecule has 0 spiro atoms. The number of ketones is 1. The number of hydrogen-bond donors (Lipinski definition) is 0. The lowest BCUT2D eigenvalue weighted by Crippen LogP contribution is -2.04. The number of ether oxygens (including phenoxy) is 1. The second-order valence-corrected chi connectivity index (χ2v) is 7.54. The molecule has 27 heavy (non-hydrogen) atoms. The summed E-state index contributed by atoms with van der Waals surface area (Å²) in [5.41, 5.74) is 3.99. The molecule has 2 atom stereocenters. The highest BCUT2D eigenvalue weighted by molar-refractivity contribution is 6.30. The molecule has 0 aliphatic heterocycles. The Hall–Kier alpha value is -2.59. The molecule has 1 aliphatic carbocycles. The molecule has 0 bridgehead atoms. The molecule has 1 aliphatic rings. The van der Waals surface area contributed by atoms with Gasteiger partial charge >= 0.3 is 0 Å². The number of nitrogens with zero attached hydrogens (tertiary/aromatic N) is 2. The van der Waals surface area contributed by atoms with Gasteiger partial charge in [0.15, 0.2) is 0 Å². The maximum absolute atomic E-state index is 11.3. The van der Waals surface area contributed by atoms with E-state index in [1.807, 2.05) is 60.1 Å². The molecule has 1 heterocycles. The zero-order chi connectivity index (χ0) is 19.0. The molecule has 0 N–H and O–H groups in total. The maximum atomic E-state index is 11.3. The standard InChI is InChI=1S/C22H21ClN2O2/c1-14-11-22(25(24-14)19-7-5-18(23)6-8-19)16-3-9-20(10-4-16)27-13-17-12-21(17)15(2)26/h3-11,17,21H,12-13H2,1-2H3. The highest BCUT2D eigenvalue weighted by Gasteiger charge is 2.41. The van der Waals surface area contributed by atoms with E-state index >= 15 is 0 Å². The molecule has 0 saturated heterocycles. The Bertz CT molecular complexity index is 961. The van der Waals surface area contributed by atoms with Gasteiger partial charge in [-0.05, 0) is 74.9 Å². The first kappa shape index (κ1) is 17.8. The molecule has 5 heteroatoms. The summed E-state index contributed by atoms with van der Waals surface area (Å²) in [5.74, 6) is 1.66. The van der Waals surface area contributed by atoms with Gasteiger partial charge in [-0.1, -0.05) is 11.6 Å². The summed E-state index contributed by atoms with van der Waals surface area (Å²) >= 11 is 6.00. The minimum absolute atomic E-state index is 0.195. The fourth-order valence-corrected chi connectivity index (χ4v) is 3.47. The Morgan fingerprint density at radius 3 is 2.52 bits per heavy atom. The van der Waals surface area contributed by atoms with Crippen LogP contribution in [0.4, 0.5) is 0 Å². The van der Waals surface area contributed by atoms with E-state index in [1.54, 1.807) is 6.92 Å². The van der Waals surface area contributed by atoms with E-state index in [-0.39, 0.29) is 11.7 Å². The van der Waals surface area contributed by atoms with Gasteiger partial charge in [-0.25, -0.2) is 4.68 Å². The molecule has 1 saturated carbocycles. The van der Waals surface area contributed by atoms with Gasteiger partial charge in [0, 0.05) is 22.4 Å². The van der Waals surface area contributed by atoms with Crippen LogP contribution in [0, 0.1) is 18.8 Å². The monoisotopic (exact) mass is 380 g/mol. The molecule has 1 fully saturated rings. The largest absolute Gasteiger partial charge is 0.493 e. The normalized spacial score (nSPS) is 18.3. The van der Waals surface area contributed by atoms with Gasteiger partial charge in [0.1, 0.15) is 11.5 Å². The lowest BCUT2D eigenvalue weighted by Gasteiger charge is -2.09. The number of halogens is 1. The van der Waals surface area contributed by atoms with E-state index in [0.29, 0.717) is 17.5 Å². The van der Waals surface area contributed by atoms with Crippen molar-refractivity contribution in [2.24, 2.45) is 11.8 Å². The second-order valence-electron chi connectivity index (χ2n) is 7.11. The number of hydrogen-bond acceptors (Lipinski definition) is 3. The van der Waals surface area contributed by atoms with Crippen molar-refractivity contribution in [2.75, 3.05) is 6.61 Å². The van der Waals surface area contributed by atoms with Gasteiger partial charge in [-0.3, -0.25) is 4.79 Å². The van der Waals surface area contributed by atoms with E-state index in [1.165, 1.54) is 0 Å². The third-order valence-corrected chi connectivity index (χ3v) is 5.21. The number of carbonyl (C=O) groups is 1. The Balaban J connectivity index is 1.51. The first-order valence-electron chi connectivity index (χ1n) is 9.07. The summed E-state index contributed by atoms with van der Waals surface area (Å²) in [4.78, 5) is 11.3. The molecule has 0 amide bonds. The summed E-state index contributed by atoms with van der Waals surface area (Å²) in [6.07, 6.45) is 0.951. The predicted octanol–water partition coefficient (Wildman–Crippen LogP) is 5.11. The number of aryl methyl sites for hydroxylation is 1. The lowest BCUT2D eigenvalue weighted by molar-refractivity contribution is -0.118. The van der Waals surface area contributed by atoms with E-state index in [9.17, 15) is 4.79 Å². The van der Waals surface area contributed by atoms with Gasteiger partial charge in [0.05, 0.1) is 23.7 Å². The molecule has 2 aromatic carbocycles. The Kier molecular flexibility index (Phi) is 4.75. The molecule has 4 nitrogen and oxygen atoms in total. The van der Waals surface area contributed by atoms with Crippen LogP contribution in [0.1, 0.15) is 19.0 Å². The van der Waals surface area contributed by atoms with Crippen molar-refractivity contribution in [1.29, 1.82) is 0 Å². The topological polar surface area (TPSA) is 44.1 Å². The van der Waals surface area contributed by atoms with Crippen LogP contribution in [0.25, 0.3) is 16.9 Å². The van der Waals surface area contributed by atoms with Gasteiger partial charge in [0.2, 0.25) is 0 Å². The van der Waals surface area contributed by atoms with Crippen molar-refractivity contribution in [2.45, 2.75) is 20.3 Å². The lowest BCUT2D eigenvalue weighted by atomic mass is 10.1. The average Bonchev–Trinajstić information content (AvgIpc) is 3.35. The summed E-state index contributed by atoms with van der Waals surface area (Å²) in [6, 6.07) is 17.7. The highest BCUT2D eigenvalue weighted by atomic mass is 35.5. The van der Waals surface area contributed by atoms with Crippen LogP contribution in [0.3, 0.4) is 0 Å². The maximum Gasteiger partial charge on any atom is 0.133 e. The van der Waals surface area contributed by atoms with Gasteiger partial charge in [0.25, 0.3) is 0 Å². The van der Waals surface area contributed by atoms with Crippen molar-refractivity contribution in [3.05, 3.63) is 65.3 Å². The van der Waals surface area contributed by atoms with E-state index in [2.05, 4.69) is 11.2 Å². The van der Waals surface area contributed by atoms with Crippen LogP contribution in [-0.4, -0.2) is 22.2 Å². The smallest absolute Gasteiger partial charge is 0.133 e. The second kappa shape index (κ2) is 7.20. The molecule has 2 unspecified atom stereocenters. The van der Waals surface area contributed by atoms with Crippen LogP contribution >= 0.6 is 11.6 Å². The van der Waals surface area contributed by atoms with Crippen LogP contribution in [0.15, 0.2) is 54.6 Å². The molecule has 138 valence electrons. The number of carbonyl (C=O) groups excluding carboxylic acids is 1. The van der Waals surface area contributed by atoms with Crippen molar-refractivity contribution in [1.82, 2.24) is 9.78 Å². The molecule has 3 aromatic rings. The first-order valence-corrected chi connectivity index (χ1v) is 9.45. The van der Waals surface area contributed by atoms with Gasteiger partial charge < -0.3 is 4.74 Å². The average molecular weight is 381 g/mol. The summed E-state index contributed by atoms with van der Waals surface area (Å²) in [6.45, 7) is 4.24. The third-order valence-electron chi connectivity index (χ3n) is 4.96. The van der Waals surface area contributed by atoms with Crippen molar-refractivity contribution in [3.63, 3.8) is 0 Å². The molecule has 1 aromatic heterocycles. The number of Topliss-reactive ketones (excluding diaryl/α,β-unsaturated/α-hetero) is 1. The number of benzene rings is 2. The van der Waals surface area contributed by atoms with Crippen molar-refractivity contribution < 1.29 is 9.53 Å². The van der Waals surface area contributed by atoms with Gasteiger partial charge in [-0.15, -0.1) is 0 Å². The fourth-order valence-electron chi connectivity index (χ4n) is 3.34. The predicted molar refractivity (Wildman–Crippen MR) is 107 cm³/mol. The highest BCUT2D eigenvalue weighted by Crippen LogP contribution is 2.39. The van der Waals surface area contributed by atoms with Crippen LogP contribution < -0.4 is 4.74 Å². The van der Waals surface area contributed by atoms with E-state index < -0.39 is 0 Å². The number of rotatable bonds is 6. The SMILES string of the molecule is CC(=O)C1CC1COc1ccc(-c2cc(C)nn2-c2ccc(Cl)cc2)cc1. The van der Waals surface area contributed by atoms with Crippen LogP contribution in [0.2, 0.25) is 5.02 Å². The molecular formula is C22H21ClN2O2. The fraction of sp³-hybridized carbons (Fsp3) is 0.273. The first-order chi connectivity index (χ1) is 13.0. The quantitative estimate of drug-likeness (QED) is 0.597. The molecular weight excluding hydrogens is 360 g/mol. The number of aromatic nitrogens is 2.